The quantitative estimate of drug-likeness (QED) is 0.319. The summed E-state index contributed by atoms with van der Waals surface area (Å²) in [6, 6.07) is 6.99. The van der Waals surface area contributed by atoms with Gasteiger partial charge in [0.1, 0.15) is 17.9 Å². The number of rotatable bonds is 8. The van der Waals surface area contributed by atoms with Gasteiger partial charge in [-0.2, -0.15) is 0 Å². The number of hydrogen-bond acceptors (Lipinski definition) is 5. The highest BCUT2D eigenvalue weighted by atomic mass is 16.6. The van der Waals surface area contributed by atoms with Crippen molar-refractivity contribution in [3.8, 4) is 5.75 Å². The molecule has 1 aromatic carbocycles. The van der Waals surface area contributed by atoms with E-state index < -0.39 is 11.9 Å². The van der Waals surface area contributed by atoms with Gasteiger partial charge < -0.3 is 14.2 Å². The topological polar surface area (TPSA) is 61.8 Å². The molecule has 0 N–H and O–H groups in total. The molecule has 0 spiro atoms. The molecule has 123 valence electrons. The highest BCUT2D eigenvalue weighted by Gasteiger charge is 2.20. The van der Waals surface area contributed by atoms with Crippen molar-refractivity contribution < 1.29 is 23.8 Å². The first-order valence-corrected chi connectivity index (χ1v) is 7.40. The largest absolute Gasteiger partial charge is 0.490 e. The Bertz CT molecular complexity index is 550. The Labute approximate surface area is 136 Å². The van der Waals surface area contributed by atoms with Gasteiger partial charge in [-0.15, -0.1) is 0 Å². The Kier molecular flexibility index (Phi) is 8.21. The van der Waals surface area contributed by atoms with E-state index in [0.29, 0.717) is 17.9 Å². The zero-order chi connectivity index (χ0) is 17.1. The first-order valence-electron chi connectivity index (χ1n) is 7.40. The van der Waals surface area contributed by atoms with E-state index in [1.54, 1.807) is 51.1 Å². The first kappa shape index (κ1) is 18.5. The number of ether oxygens (including phenoxy) is 3. The molecule has 0 amide bonds. The van der Waals surface area contributed by atoms with Gasteiger partial charge in [-0.3, -0.25) is 0 Å². The third-order valence-corrected chi connectivity index (χ3v) is 2.72. The molecule has 0 aromatic heterocycles. The summed E-state index contributed by atoms with van der Waals surface area (Å²) >= 11 is 0. The van der Waals surface area contributed by atoms with E-state index in [2.05, 4.69) is 6.08 Å². The van der Waals surface area contributed by atoms with Crippen LogP contribution < -0.4 is 4.74 Å². The van der Waals surface area contributed by atoms with E-state index in [1.165, 1.54) is 6.08 Å². The van der Waals surface area contributed by atoms with Gasteiger partial charge in [0.25, 0.3) is 0 Å². The van der Waals surface area contributed by atoms with E-state index in [-0.39, 0.29) is 18.8 Å². The van der Waals surface area contributed by atoms with Gasteiger partial charge in [0.2, 0.25) is 0 Å². The van der Waals surface area contributed by atoms with Gasteiger partial charge in [-0.25, -0.2) is 9.59 Å². The molecule has 0 atom stereocenters. The molecule has 0 bridgehead atoms. The summed E-state index contributed by atoms with van der Waals surface area (Å²) in [6.07, 6.45) is 6.08. The second-order valence-corrected chi connectivity index (χ2v) is 4.37. The molecule has 0 aliphatic rings. The lowest BCUT2D eigenvalue weighted by Gasteiger charge is -2.07. The highest BCUT2D eigenvalue weighted by molar-refractivity contribution is 6.17. The van der Waals surface area contributed by atoms with Gasteiger partial charge in [-0.1, -0.05) is 12.1 Å². The smallest absolute Gasteiger partial charge is 0.345 e. The maximum atomic E-state index is 11.9. The van der Waals surface area contributed by atoms with E-state index >= 15 is 0 Å². The van der Waals surface area contributed by atoms with Crippen LogP contribution in [0.2, 0.25) is 0 Å². The molecule has 0 saturated heterocycles. The molecule has 1 aromatic rings. The number of carbonyl (C=O) groups excluding carboxylic acids is 2. The molecule has 0 heterocycles. The fraction of sp³-hybridized carbons (Fsp3) is 0.333. The Morgan fingerprint density at radius 3 is 2.09 bits per heavy atom. The molecule has 1 rings (SSSR count). The van der Waals surface area contributed by atoms with Crippen LogP contribution in [-0.4, -0.2) is 31.8 Å². The van der Waals surface area contributed by atoms with Crippen LogP contribution in [-0.2, 0) is 19.1 Å². The average Bonchev–Trinajstić information content (AvgIpc) is 2.54. The Hall–Kier alpha value is -2.56. The number of hydrogen-bond donors (Lipinski definition) is 0. The molecule has 5 nitrogen and oxygen atoms in total. The first-order chi connectivity index (χ1) is 11.1. The van der Waals surface area contributed by atoms with Crippen molar-refractivity contribution in [2.45, 2.75) is 20.8 Å². The van der Waals surface area contributed by atoms with Crippen molar-refractivity contribution in [3.05, 3.63) is 47.6 Å². The zero-order valence-electron chi connectivity index (χ0n) is 13.6. The minimum Gasteiger partial charge on any atom is -0.490 e. The zero-order valence-corrected chi connectivity index (χ0v) is 13.6. The maximum Gasteiger partial charge on any atom is 0.345 e. The molecule has 0 fully saturated rings. The second-order valence-electron chi connectivity index (χ2n) is 4.37. The van der Waals surface area contributed by atoms with Gasteiger partial charge >= 0.3 is 11.9 Å². The molecule has 0 saturated carbocycles. The van der Waals surface area contributed by atoms with Crippen LogP contribution >= 0.6 is 0 Å². The molecule has 23 heavy (non-hydrogen) atoms. The van der Waals surface area contributed by atoms with E-state index in [0.717, 1.165) is 0 Å². The predicted octanol–water partition coefficient (Wildman–Crippen LogP) is 2.95. The van der Waals surface area contributed by atoms with Gasteiger partial charge in [-0.05, 0) is 56.7 Å². The third-order valence-electron chi connectivity index (χ3n) is 2.72. The maximum absolute atomic E-state index is 11.9. The van der Waals surface area contributed by atoms with Crippen molar-refractivity contribution in [2.75, 3.05) is 19.8 Å². The number of benzene rings is 1. The van der Waals surface area contributed by atoms with Crippen molar-refractivity contribution in [3.63, 3.8) is 0 Å². The summed E-state index contributed by atoms with van der Waals surface area (Å²) in [6.45, 7) is 5.95. The van der Waals surface area contributed by atoms with Crippen LogP contribution in [0.4, 0.5) is 0 Å². The SMILES string of the molecule is C[C]=CCOc1ccc(C=C(C(=O)OCC)C(=O)OCC)cc1. The molecular formula is C18H21O5. The van der Waals surface area contributed by atoms with Crippen LogP contribution in [0.5, 0.6) is 5.75 Å². The summed E-state index contributed by atoms with van der Waals surface area (Å²) in [7, 11) is 0. The minimum atomic E-state index is -0.699. The molecular weight excluding hydrogens is 296 g/mol. The summed E-state index contributed by atoms with van der Waals surface area (Å²) in [5.74, 6) is -0.715. The molecule has 0 aliphatic heterocycles. The minimum absolute atomic E-state index is 0.133. The van der Waals surface area contributed by atoms with E-state index in [1.807, 2.05) is 0 Å². The molecule has 0 unspecified atom stereocenters. The lowest BCUT2D eigenvalue weighted by molar-refractivity contribution is -0.146. The van der Waals surface area contributed by atoms with Crippen LogP contribution in [0.25, 0.3) is 6.08 Å². The molecule has 5 heteroatoms. The average molecular weight is 317 g/mol. The lowest BCUT2D eigenvalue weighted by Crippen LogP contribution is -2.18. The van der Waals surface area contributed by atoms with Crippen molar-refractivity contribution in [1.29, 1.82) is 0 Å². The standard InChI is InChI=1S/C18H21O5/c1-4-7-12-23-15-10-8-14(9-11-15)13-16(17(19)21-5-2)18(20)22-6-3/h7-11,13H,5-6,12H2,1-3H3. The Morgan fingerprint density at radius 2 is 1.61 bits per heavy atom. The predicted molar refractivity (Wildman–Crippen MR) is 86.7 cm³/mol. The second kappa shape index (κ2) is 10.2. The van der Waals surface area contributed by atoms with Crippen molar-refractivity contribution in [2.24, 2.45) is 0 Å². The highest BCUT2D eigenvalue weighted by Crippen LogP contribution is 2.16. The van der Waals surface area contributed by atoms with E-state index in [4.69, 9.17) is 14.2 Å². The fourth-order valence-corrected chi connectivity index (χ4v) is 1.67. The van der Waals surface area contributed by atoms with Gasteiger partial charge in [0, 0.05) is 0 Å². The van der Waals surface area contributed by atoms with Gasteiger partial charge in [0.05, 0.1) is 13.2 Å². The van der Waals surface area contributed by atoms with E-state index in [9.17, 15) is 9.59 Å². The Balaban J connectivity index is 2.92. The van der Waals surface area contributed by atoms with Crippen LogP contribution in [0.3, 0.4) is 0 Å². The summed E-state index contributed by atoms with van der Waals surface area (Å²) in [4.78, 5) is 23.8. The van der Waals surface area contributed by atoms with Crippen molar-refractivity contribution in [1.82, 2.24) is 0 Å². The van der Waals surface area contributed by atoms with Gasteiger partial charge in [0.15, 0.2) is 0 Å². The molecule has 0 aliphatic carbocycles. The molecule has 1 radical (unpaired) electrons. The summed E-state index contributed by atoms with van der Waals surface area (Å²) in [5.41, 5.74) is 0.539. The summed E-state index contributed by atoms with van der Waals surface area (Å²) < 4.78 is 15.2. The third kappa shape index (κ3) is 6.38. The summed E-state index contributed by atoms with van der Waals surface area (Å²) in [5, 5.41) is 0. The Morgan fingerprint density at radius 1 is 1.04 bits per heavy atom. The number of carbonyl (C=O) groups is 2. The van der Waals surface area contributed by atoms with Crippen molar-refractivity contribution >= 4 is 18.0 Å². The number of esters is 2. The van der Waals surface area contributed by atoms with Crippen LogP contribution in [0.1, 0.15) is 26.3 Å². The van der Waals surface area contributed by atoms with Crippen LogP contribution in [0, 0.1) is 6.08 Å². The van der Waals surface area contributed by atoms with Crippen LogP contribution in [0.15, 0.2) is 35.9 Å². The normalized spacial score (nSPS) is 10.2. The lowest BCUT2D eigenvalue weighted by atomic mass is 10.1. The number of allylic oxidation sites excluding steroid dienone is 1. The monoisotopic (exact) mass is 317 g/mol. The fourth-order valence-electron chi connectivity index (χ4n) is 1.67.